The van der Waals surface area contributed by atoms with E-state index in [4.69, 9.17) is 4.74 Å². The summed E-state index contributed by atoms with van der Waals surface area (Å²) < 4.78 is 7.69. The van der Waals surface area contributed by atoms with Gasteiger partial charge in [-0.2, -0.15) is 0 Å². The first-order valence-corrected chi connectivity index (χ1v) is 10.8. The van der Waals surface area contributed by atoms with Crippen LogP contribution >= 0.6 is 11.8 Å². The Balaban J connectivity index is 1.62. The molecule has 0 atom stereocenters. The first-order valence-electron chi connectivity index (χ1n) is 9.77. The van der Waals surface area contributed by atoms with Gasteiger partial charge in [0, 0.05) is 24.4 Å². The van der Waals surface area contributed by atoms with Crippen LogP contribution in [-0.2, 0) is 17.9 Å². The summed E-state index contributed by atoms with van der Waals surface area (Å²) >= 11 is 1.21. The van der Waals surface area contributed by atoms with Gasteiger partial charge in [0.05, 0.1) is 10.7 Å². The van der Waals surface area contributed by atoms with Gasteiger partial charge in [-0.25, -0.2) is 0 Å². The monoisotopic (exact) mass is 453 g/mol. The number of aromatic nitrogens is 3. The van der Waals surface area contributed by atoms with E-state index in [1.807, 2.05) is 36.6 Å². The molecular weight excluding hydrogens is 430 g/mol. The number of benzene rings is 2. The number of rotatable bonds is 10. The van der Waals surface area contributed by atoms with Gasteiger partial charge in [0.2, 0.25) is 5.91 Å². The van der Waals surface area contributed by atoms with Crippen molar-refractivity contribution in [2.45, 2.75) is 32.2 Å². The number of nitrogens with one attached hydrogen (secondary N) is 1. The molecule has 0 aliphatic rings. The number of amides is 1. The van der Waals surface area contributed by atoms with E-state index in [-0.39, 0.29) is 24.0 Å². The van der Waals surface area contributed by atoms with Gasteiger partial charge in [-0.1, -0.05) is 30.0 Å². The largest absolute Gasteiger partial charge is 0.486 e. The summed E-state index contributed by atoms with van der Waals surface area (Å²) in [5, 5.41) is 22.5. The normalized spacial score (nSPS) is 10.6. The number of anilines is 1. The van der Waals surface area contributed by atoms with Crippen LogP contribution in [0.3, 0.4) is 0 Å². The minimum Gasteiger partial charge on any atom is -0.486 e. The van der Waals surface area contributed by atoms with Gasteiger partial charge >= 0.3 is 0 Å². The van der Waals surface area contributed by atoms with E-state index < -0.39 is 4.92 Å². The maximum absolute atomic E-state index is 12.3. The molecule has 1 amide bonds. The fourth-order valence-electron chi connectivity index (χ4n) is 2.82. The number of ether oxygens (including phenoxy) is 1. The van der Waals surface area contributed by atoms with E-state index in [1.165, 1.54) is 35.5 Å². The molecule has 0 radical (unpaired) electrons. The van der Waals surface area contributed by atoms with Crippen LogP contribution in [0.4, 0.5) is 11.4 Å². The summed E-state index contributed by atoms with van der Waals surface area (Å²) in [6.45, 7) is 8.53. The Morgan fingerprint density at radius 1 is 1.25 bits per heavy atom. The van der Waals surface area contributed by atoms with Crippen molar-refractivity contribution in [1.82, 2.24) is 14.8 Å². The van der Waals surface area contributed by atoms with E-state index in [0.717, 1.165) is 11.3 Å². The minimum atomic E-state index is -0.510. The molecule has 3 aromatic rings. The Bertz CT molecular complexity index is 1150. The number of hydrogen-bond acceptors (Lipinski definition) is 7. The SMILES string of the molecule is C=CCn1c(COc2ccc(C)c(C)c2)nnc1SCC(=O)Nc1cccc([N+](=O)[O-])c1. The highest BCUT2D eigenvalue weighted by Gasteiger charge is 2.15. The number of non-ortho nitro benzene ring substituents is 1. The lowest BCUT2D eigenvalue weighted by Crippen LogP contribution is -2.15. The highest BCUT2D eigenvalue weighted by atomic mass is 32.2. The number of carbonyl (C=O) groups excluding carboxylic acids is 1. The summed E-state index contributed by atoms with van der Waals surface area (Å²) in [7, 11) is 0. The van der Waals surface area contributed by atoms with Crippen molar-refractivity contribution in [1.29, 1.82) is 0 Å². The van der Waals surface area contributed by atoms with Gasteiger partial charge in [-0.15, -0.1) is 16.8 Å². The van der Waals surface area contributed by atoms with Gasteiger partial charge in [-0.05, 0) is 43.2 Å². The number of nitro groups is 1. The van der Waals surface area contributed by atoms with Crippen LogP contribution in [-0.4, -0.2) is 31.3 Å². The quantitative estimate of drug-likeness (QED) is 0.211. The van der Waals surface area contributed by atoms with E-state index in [1.54, 1.807) is 12.1 Å². The molecular formula is C22H23N5O4S. The number of allylic oxidation sites excluding steroid dienone is 1. The standard InChI is InChI=1S/C22H23N5O4S/c1-4-10-26-20(13-31-19-9-8-15(2)16(3)11-19)24-25-22(26)32-14-21(28)23-17-6-5-7-18(12-17)27(29)30/h4-9,11-12H,1,10,13-14H2,2-3H3,(H,23,28). The van der Waals surface area contributed by atoms with Gasteiger partial charge < -0.3 is 10.1 Å². The molecule has 10 heteroatoms. The molecule has 0 aliphatic heterocycles. The molecule has 1 aromatic heterocycles. The molecule has 0 aliphatic carbocycles. The molecule has 0 spiro atoms. The molecule has 0 fully saturated rings. The number of thioether (sulfide) groups is 1. The zero-order valence-electron chi connectivity index (χ0n) is 17.8. The van der Waals surface area contributed by atoms with Crippen LogP contribution in [0, 0.1) is 24.0 Å². The Kier molecular flexibility index (Phi) is 7.61. The first kappa shape index (κ1) is 23.0. The van der Waals surface area contributed by atoms with Crippen LogP contribution in [0.25, 0.3) is 0 Å². The van der Waals surface area contributed by atoms with Crippen molar-refractivity contribution >= 4 is 29.0 Å². The predicted octanol–water partition coefficient (Wildman–Crippen LogP) is 4.30. The van der Waals surface area contributed by atoms with Gasteiger partial charge in [0.25, 0.3) is 5.69 Å². The third-order valence-electron chi connectivity index (χ3n) is 4.62. The highest BCUT2D eigenvalue weighted by molar-refractivity contribution is 7.99. The smallest absolute Gasteiger partial charge is 0.271 e. The summed E-state index contributed by atoms with van der Waals surface area (Å²) in [6, 6.07) is 11.7. The Hall–Kier alpha value is -3.66. The third-order valence-corrected chi connectivity index (χ3v) is 5.59. The van der Waals surface area contributed by atoms with Gasteiger partial charge in [0.15, 0.2) is 11.0 Å². The van der Waals surface area contributed by atoms with E-state index in [9.17, 15) is 14.9 Å². The maximum atomic E-state index is 12.3. The lowest BCUT2D eigenvalue weighted by atomic mass is 10.1. The van der Waals surface area contributed by atoms with Crippen molar-refractivity contribution in [3.8, 4) is 5.75 Å². The molecule has 0 saturated carbocycles. The third kappa shape index (κ3) is 5.94. The maximum Gasteiger partial charge on any atom is 0.271 e. The van der Waals surface area contributed by atoms with E-state index in [0.29, 0.717) is 23.2 Å². The lowest BCUT2D eigenvalue weighted by Gasteiger charge is -2.10. The fourth-order valence-corrected chi connectivity index (χ4v) is 3.59. The van der Waals surface area contributed by atoms with Crippen LogP contribution in [0.2, 0.25) is 0 Å². The summed E-state index contributed by atoms with van der Waals surface area (Å²) in [6.07, 6.45) is 1.72. The molecule has 0 bridgehead atoms. The predicted molar refractivity (Wildman–Crippen MR) is 123 cm³/mol. The molecule has 1 heterocycles. The molecule has 3 rings (SSSR count). The van der Waals surface area contributed by atoms with Gasteiger partial charge in [0.1, 0.15) is 12.4 Å². The van der Waals surface area contributed by atoms with Crippen LogP contribution in [0.15, 0.2) is 60.3 Å². The summed E-state index contributed by atoms with van der Waals surface area (Å²) in [4.78, 5) is 22.7. The number of aryl methyl sites for hydroxylation is 2. The van der Waals surface area contributed by atoms with Crippen molar-refractivity contribution in [3.63, 3.8) is 0 Å². The Labute approximate surface area is 189 Å². The van der Waals surface area contributed by atoms with Crippen LogP contribution in [0.5, 0.6) is 5.75 Å². The Morgan fingerprint density at radius 3 is 2.78 bits per heavy atom. The number of nitrogens with zero attached hydrogens (tertiary/aromatic N) is 4. The second kappa shape index (κ2) is 10.6. The first-order chi connectivity index (χ1) is 15.4. The average Bonchev–Trinajstić information content (AvgIpc) is 3.15. The molecule has 0 saturated heterocycles. The summed E-state index contributed by atoms with van der Waals surface area (Å²) in [5.41, 5.74) is 2.60. The Morgan fingerprint density at radius 2 is 2.06 bits per heavy atom. The number of carbonyl (C=O) groups is 1. The fraction of sp³-hybridized carbons (Fsp3) is 0.227. The molecule has 32 heavy (non-hydrogen) atoms. The number of nitro benzene ring substituents is 1. The number of hydrogen-bond donors (Lipinski definition) is 1. The minimum absolute atomic E-state index is 0.0655. The lowest BCUT2D eigenvalue weighted by molar-refractivity contribution is -0.384. The zero-order chi connectivity index (χ0) is 23.1. The average molecular weight is 454 g/mol. The second-order valence-electron chi connectivity index (χ2n) is 6.98. The van der Waals surface area contributed by atoms with Crippen molar-refractivity contribution in [2.75, 3.05) is 11.1 Å². The molecule has 9 nitrogen and oxygen atoms in total. The zero-order valence-corrected chi connectivity index (χ0v) is 18.6. The molecule has 1 N–H and O–H groups in total. The van der Waals surface area contributed by atoms with Crippen LogP contribution < -0.4 is 10.1 Å². The highest BCUT2D eigenvalue weighted by Crippen LogP contribution is 2.22. The van der Waals surface area contributed by atoms with E-state index >= 15 is 0 Å². The topological polar surface area (TPSA) is 112 Å². The van der Waals surface area contributed by atoms with Crippen molar-refractivity contribution in [3.05, 3.63) is 82.2 Å². The second-order valence-corrected chi connectivity index (χ2v) is 7.92. The van der Waals surface area contributed by atoms with Gasteiger partial charge in [-0.3, -0.25) is 19.5 Å². The molecule has 166 valence electrons. The van der Waals surface area contributed by atoms with Crippen molar-refractivity contribution < 1.29 is 14.5 Å². The van der Waals surface area contributed by atoms with Crippen molar-refractivity contribution in [2.24, 2.45) is 0 Å². The molecule has 2 aromatic carbocycles. The van der Waals surface area contributed by atoms with E-state index in [2.05, 4.69) is 22.1 Å². The summed E-state index contributed by atoms with van der Waals surface area (Å²) in [5.74, 6) is 1.11. The van der Waals surface area contributed by atoms with Crippen LogP contribution in [0.1, 0.15) is 17.0 Å². The molecule has 0 unspecified atom stereocenters.